The predicted octanol–water partition coefficient (Wildman–Crippen LogP) is -1.46. The number of amides is 1. The van der Waals surface area contributed by atoms with Crippen molar-refractivity contribution in [3.8, 4) is 0 Å². The van der Waals surface area contributed by atoms with Crippen LogP contribution in [0.15, 0.2) is 0 Å². The number of likely N-dealkylation sites (tertiary alicyclic amines) is 1. The molecule has 1 fully saturated rings. The van der Waals surface area contributed by atoms with Gasteiger partial charge in [-0.05, 0) is 13.8 Å². The van der Waals surface area contributed by atoms with Gasteiger partial charge in [0, 0.05) is 19.6 Å². The maximum Gasteiger partial charge on any atom is 0.229 e. The Morgan fingerprint density at radius 1 is 1.43 bits per heavy atom. The Kier molecular flexibility index (Phi) is 3.14. The Labute approximate surface area is 83.5 Å². The molecule has 82 valence electrons. The highest BCUT2D eigenvalue weighted by molar-refractivity contribution is 5.82. The molecular weight excluding hydrogens is 184 g/mol. The van der Waals surface area contributed by atoms with E-state index in [1.165, 1.54) is 4.90 Å². The van der Waals surface area contributed by atoms with Gasteiger partial charge in [-0.2, -0.15) is 0 Å². The van der Waals surface area contributed by atoms with Crippen LogP contribution >= 0.6 is 0 Å². The van der Waals surface area contributed by atoms with E-state index in [2.05, 4.69) is 0 Å². The molecule has 0 aromatic heterocycles. The Hall–Kier alpha value is -0.650. The van der Waals surface area contributed by atoms with E-state index >= 15 is 0 Å². The molecular formula is C9H18N2O3. The monoisotopic (exact) mass is 202 g/mol. The summed E-state index contributed by atoms with van der Waals surface area (Å²) < 4.78 is 0. The van der Waals surface area contributed by atoms with Gasteiger partial charge in [-0.15, -0.1) is 0 Å². The zero-order valence-corrected chi connectivity index (χ0v) is 8.60. The van der Waals surface area contributed by atoms with Crippen molar-refractivity contribution in [3.63, 3.8) is 0 Å². The molecule has 4 N–H and O–H groups in total. The number of hydrogen-bond donors (Lipinski definition) is 3. The third-order valence-electron chi connectivity index (χ3n) is 2.64. The van der Waals surface area contributed by atoms with Crippen molar-refractivity contribution in [2.75, 3.05) is 19.6 Å². The second-order valence-electron chi connectivity index (χ2n) is 4.43. The zero-order valence-electron chi connectivity index (χ0n) is 8.60. The number of rotatable bonds is 2. The molecule has 0 radical (unpaired) electrons. The average molecular weight is 202 g/mol. The molecule has 14 heavy (non-hydrogen) atoms. The standard InChI is InChI=1S/C9H18N2O3/c1-9(2,5-10)8(14)11-3-6(12)7(13)4-11/h6-7,12-13H,3-5,10H2,1-2H3. The molecule has 0 aromatic rings. The van der Waals surface area contributed by atoms with E-state index in [0.29, 0.717) is 0 Å². The van der Waals surface area contributed by atoms with Gasteiger partial charge in [-0.25, -0.2) is 0 Å². The molecule has 1 heterocycles. The number of β-amino-alcohol motifs (C(OH)–C–C–N with tert-alkyl or cyclic N) is 2. The summed E-state index contributed by atoms with van der Waals surface area (Å²) >= 11 is 0. The van der Waals surface area contributed by atoms with Gasteiger partial charge in [-0.1, -0.05) is 0 Å². The summed E-state index contributed by atoms with van der Waals surface area (Å²) in [5, 5.41) is 18.6. The van der Waals surface area contributed by atoms with Gasteiger partial charge < -0.3 is 20.8 Å². The third kappa shape index (κ3) is 2.05. The summed E-state index contributed by atoms with van der Waals surface area (Å²) in [4.78, 5) is 13.3. The highest BCUT2D eigenvalue weighted by Crippen LogP contribution is 2.21. The van der Waals surface area contributed by atoms with Gasteiger partial charge >= 0.3 is 0 Å². The number of carbonyl (C=O) groups is 1. The molecule has 1 saturated heterocycles. The summed E-state index contributed by atoms with van der Waals surface area (Å²) in [6.07, 6.45) is -1.65. The van der Waals surface area contributed by atoms with Gasteiger partial charge in [0.05, 0.1) is 17.6 Å². The predicted molar refractivity (Wildman–Crippen MR) is 51.4 cm³/mol. The fourth-order valence-electron chi connectivity index (χ4n) is 1.45. The van der Waals surface area contributed by atoms with Crippen LogP contribution in [-0.2, 0) is 4.79 Å². The van der Waals surface area contributed by atoms with Crippen molar-refractivity contribution in [2.24, 2.45) is 11.1 Å². The van der Waals surface area contributed by atoms with Crippen LogP contribution in [0.2, 0.25) is 0 Å². The van der Waals surface area contributed by atoms with Crippen LogP contribution in [0.5, 0.6) is 0 Å². The highest BCUT2D eigenvalue weighted by Gasteiger charge is 2.38. The fourth-order valence-corrected chi connectivity index (χ4v) is 1.45. The Morgan fingerprint density at radius 3 is 2.21 bits per heavy atom. The van der Waals surface area contributed by atoms with Crippen molar-refractivity contribution in [1.82, 2.24) is 4.90 Å². The molecule has 1 rings (SSSR count). The normalized spacial score (nSPS) is 28.2. The maximum absolute atomic E-state index is 11.8. The van der Waals surface area contributed by atoms with Crippen LogP contribution in [0.4, 0.5) is 0 Å². The first-order valence-corrected chi connectivity index (χ1v) is 4.74. The Morgan fingerprint density at radius 2 is 1.86 bits per heavy atom. The van der Waals surface area contributed by atoms with Crippen molar-refractivity contribution in [1.29, 1.82) is 0 Å². The number of hydrogen-bond acceptors (Lipinski definition) is 4. The summed E-state index contributed by atoms with van der Waals surface area (Å²) in [6, 6.07) is 0. The van der Waals surface area contributed by atoms with Gasteiger partial charge in [0.2, 0.25) is 5.91 Å². The van der Waals surface area contributed by atoms with Crippen LogP contribution in [-0.4, -0.2) is 52.9 Å². The minimum Gasteiger partial charge on any atom is -0.388 e. The lowest BCUT2D eigenvalue weighted by molar-refractivity contribution is -0.139. The molecule has 0 bridgehead atoms. The molecule has 1 aliphatic rings. The lowest BCUT2D eigenvalue weighted by atomic mass is 9.92. The smallest absolute Gasteiger partial charge is 0.229 e. The first kappa shape index (κ1) is 11.4. The van der Waals surface area contributed by atoms with Crippen molar-refractivity contribution in [2.45, 2.75) is 26.1 Å². The van der Waals surface area contributed by atoms with E-state index in [4.69, 9.17) is 5.73 Å². The molecule has 5 heteroatoms. The molecule has 5 nitrogen and oxygen atoms in total. The van der Waals surface area contributed by atoms with E-state index in [1.807, 2.05) is 0 Å². The van der Waals surface area contributed by atoms with E-state index in [1.54, 1.807) is 13.8 Å². The van der Waals surface area contributed by atoms with E-state index < -0.39 is 17.6 Å². The quantitative estimate of drug-likeness (QED) is 0.510. The molecule has 0 aromatic carbocycles. The molecule has 0 saturated carbocycles. The summed E-state index contributed by atoms with van der Waals surface area (Å²) in [5.41, 5.74) is 4.85. The number of aliphatic hydroxyl groups is 2. The second kappa shape index (κ2) is 3.84. The largest absolute Gasteiger partial charge is 0.388 e. The maximum atomic E-state index is 11.8. The van der Waals surface area contributed by atoms with Crippen LogP contribution in [0, 0.1) is 5.41 Å². The van der Waals surface area contributed by atoms with Crippen LogP contribution in [0.3, 0.4) is 0 Å². The molecule has 1 aliphatic heterocycles. The van der Waals surface area contributed by atoms with Crippen molar-refractivity contribution >= 4 is 5.91 Å². The fraction of sp³-hybridized carbons (Fsp3) is 0.889. The number of aliphatic hydroxyl groups excluding tert-OH is 2. The minimum absolute atomic E-state index is 0.115. The molecule has 1 amide bonds. The lowest BCUT2D eigenvalue weighted by Crippen LogP contribution is -2.44. The number of nitrogens with zero attached hydrogens (tertiary/aromatic N) is 1. The topological polar surface area (TPSA) is 86.8 Å². The third-order valence-corrected chi connectivity index (χ3v) is 2.64. The van der Waals surface area contributed by atoms with Crippen LogP contribution in [0.1, 0.15) is 13.8 Å². The highest BCUT2D eigenvalue weighted by atomic mass is 16.3. The average Bonchev–Trinajstić information content (AvgIpc) is 2.45. The van der Waals surface area contributed by atoms with Crippen LogP contribution in [0.25, 0.3) is 0 Å². The molecule has 2 unspecified atom stereocenters. The van der Waals surface area contributed by atoms with Gasteiger partial charge in [0.15, 0.2) is 0 Å². The second-order valence-corrected chi connectivity index (χ2v) is 4.43. The number of nitrogens with two attached hydrogens (primary N) is 1. The summed E-state index contributed by atoms with van der Waals surface area (Å²) in [6.45, 7) is 4.17. The molecule has 2 atom stereocenters. The SMILES string of the molecule is CC(C)(CN)C(=O)N1CC(O)C(O)C1. The summed E-state index contributed by atoms with van der Waals surface area (Å²) in [7, 11) is 0. The van der Waals surface area contributed by atoms with Crippen molar-refractivity contribution in [3.05, 3.63) is 0 Å². The van der Waals surface area contributed by atoms with Gasteiger partial charge in [0.25, 0.3) is 0 Å². The Balaban J connectivity index is 2.64. The first-order valence-electron chi connectivity index (χ1n) is 4.74. The zero-order chi connectivity index (χ0) is 10.9. The van der Waals surface area contributed by atoms with E-state index in [-0.39, 0.29) is 25.5 Å². The molecule has 0 spiro atoms. The lowest BCUT2D eigenvalue weighted by Gasteiger charge is -2.27. The van der Waals surface area contributed by atoms with Gasteiger partial charge in [-0.3, -0.25) is 4.79 Å². The minimum atomic E-state index is -0.826. The summed E-state index contributed by atoms with van der Waals surface area (Å²) in [5.74, 6) is -0.115. The van der Waals surface area contributed by atoms with Crippen molar-refractivity contribution < 1.29 is 15.0 Å². The van der Waals surface area contributed by atoms with Gasteiger partial charge in [0.1, 0.15) is 0 Å². The van der Waals surface area contributed by atoms with Crippen LogP contribution < -0.4 is 5.73 Å². The number of carbonyl (C=O) groups excluding carboxylic acids is 1. The first-order chi connectivity index (χ1) is 6.38. The Bertz CT molecular complexity index is 220. The molecule has 0 aliphatic carbocycles. The van der Waals surface area contributed by atoms with E-state index in [0.717, 1.165) is 0 Å². The van der Waals surface area contributed by atoms with E-state index in [9.17, 15) is 15.0 Å².